The van der Waals surface area contributed by atoms with E-state index in [9.17, 15) is 14.4 Å². The van der Waals surface area contributed by atoms with Crippen molar-refractivity contribution in [2.45, 2.75) is 32.2 Å². The topological polar surface area (TPSA) is 114 Å². The SMILES string of the molecule is CCCOCCCNC(=O)N[C@@H](CC(=O)OC)C(=O)O. The molecule has 0 aromatic carbocycles. The highest BCUT2D eigenvalue weighted by molar-refractivity contribution is 5.86. The number of methoxy groups -OCH3 is 1. The van der Waals surface area contributed by atoms with Crippen molar-refractivity contribution in [3.05, 3.63) is 0 Å². The summed E-state index contributed by atoms with van der Waals surface area (Å²) in [6.45, 7) is 3.56. The van der Waals surface area contributed by atoms with Gasteiger partial charge < -0.3 is 25.2 Å². The second-order valence-electron chi connectivity index (χ2n) is 4.04. The lowest BCUT2D eigenvalue weighted by Crippen LogP contribution is -2.47. The molecule has 0 saturated carbocycles. The normalized spacial score (nSPS) is 11.5. The maximum Gasteiger partial charge on any atom is 0.326 e. The maximum atomic E-state index is 11.4. The monoisotopic (exact) mass is 290 g/mol. The average Bonchev–Trinajstić information content (AvgIpc) is 2.41. The quantitative estimate of drug-likeness (QED) is 0.389. The van der Waals surface area contributed by atoms with Gasteiger partial charge in [0.1, 0.15) is 6.04 Å². The molecule has 0 spiro atoms. The Morgan fingerprint density at radius 3 is 2.50 bits per heavy atom. The van der Waals surface area contributed by atoms with Gasteiger partial charge in [-0.2, -0.15) is 0 Å². The molecule has 1 atom stereocenters. The Morgan fingerprint density at radius 2 is 1.95 bits per heavy atom. The molecule has 116 valence electrons. The van der Waals surface area contributed by atoms with Crippen molar-refractivity contribution in [2.75, 3.05) is 26.9 Å². The summed E-state index contributed by atoms with van der Waals surface area (Å²) in [6.07, 6.45) is 1.14. The minimum absolute atomic E-state index is 0.361. The van der Waals surface area contributed by atoms with Crippen LogP contribution in [0, 0.1) is 0 Å². The first-order valence-corrected chi connectivity index (χ1v) is 6.43. The molecular formula is C12H22N2O6. The van der Waals surface area contributed by atoms with Gasteiger partial charge in [-0.25, -0.2) is 9.59 Å². The number of rotatable bonds is 10. The summed E-state index contributed by atoms with van der Waals surface area (Å²) in [7, 11) is 1.15. The van der Waals surface area contributed by atoms with Crippen LogP contribution >= 0.6 is 0 Å². The lowest BCUT2D eigenvalue weighted by atomic mass is 10.2. The first kappa shape index (κ1) is 18.2. The van der Waals surface area contributed by atoms with Crippen LogP contribution in [0.4, 0.5) is 4.79 Å². The van der Waals surface area contributed by atoms with E-state index in [4.69, 9.17) is 9.84 Å². The Morgan fingerprint density at radius 1 is 1.25 bits per heavy atom. The van der Waals surface area contributed by atoms with Gasteiger partial charge in [-0.05, 0) is 12.8 Å². The van der Waals surface area contributed by atoms with E-state index in [2.05, 4.69) is 15.4 Å². The average molecular weight is 290 g/mol. The highest BCUT2D eigenvalue weighted by atomic mass is 16.5. The number of carboxylic acids is 1. The third-order valence-corrected chi connectivity index (χ3v) is 2.30. The van der Waals surface area contributed by atoms with Crippen LogP contribution in [-0.4, -0.2) is 56.0 Å². The highest BCUT2D eigenvalue weighted by Gasteiger charge is 2.23. The fraction of sp³-hybridized carbons (Fsp3) is 0.750. The Balaban J connectivity index is 3.90. The van der Waals surface area contributed by atoms with E-state index < -0.39 is 30.4 Å². The van der Waals surface area contributed by atoms with Gasteiger partial charge >= 0.3 is 18.0 Å². The van der Waals surface area contributed by atoms with Gasteiger partial charge in [0.2, 0.25) is 0 Å². The molecule has 0 aliphatic heterocycles. The number of esters is 1. The van der Waals surface area contributed by atoms with Crippen molar-refractivity contribution in [3.63, 3.8) is 0 Å². The molecule has 0 fully saturated rings. The summed E-state index contributed by atoms with van der Waals surface area (Å²) in [4.78, 5) is 33.3. The van der Waals surface area contributed by atoms with Crippen LogP contribution < -0.4 is 10.6 Å². The first-order chi connectivity index (χ1) is 9.51. The standard InChI is InChI=1S/C12H22N2O6/c1-3-6-20-7-4-5-13-12(18)14-9(11(16)17)8-10(15)19-2/h9H,3-8H2,1-2H3,(H,16,17)(H2,13,14,18)/t9-/m0/s1. The number of hydrogen-bond donors (Lipinski definition) is 3. The van der Waals surface area contributed by atoms with E-state index in [1.165, 1.54) is 0 Å². The number of carbonyl (C=O) groups excluding carboxylic acids is 2. The van der Waals surface area contributed by atoms with Crippen molar-refractivity contribution in [1.29, 1.82) is 0 Å². The number of aliphatic carboxylic acids is 1. The molecule has 3 N–H and O–H groups in total. The van der Waals surface area contributed by atoms with Gasteiger partial charge in [-0.15, -0.1) is 0 Å². The van der Waals surface area contributed by atoms with Crippen LogP contribution in [-0.2, 0) is 19.1 Å². The number of ether oxygens (including phenoxy) is 2. The number of urea groups is 1. The molecule has 0 saturated heterocycles. The second kappa shape index (κ2) is 11.0. The molecular weight excluding hydrogens is 268 g/mol. The molecule has 0 aliphatic carbocycles. The molecule has 2 amide bonds. The third kappa shape index (κ3) is 9.15. The summed E-state index contributed by atoms with van der Waals surface area (Å²) in [6, 6.07) is -1.95. The lowest BCUT2D eigenvalue weighted by molar-refractivity contribution is -0.147. The van der Waals surface area contributed by atoms with Gasteiger partial charge in [0.15, 0.2) is 0 Å². The predicted octanol–water partition coefficient (Wildman–Crippen LogP) is 0.119. The minimum Gasteiger partial charge on any atom is -0.480 e. The first-order valence-electron chi connectivity index (χ1n) is 6.43. The van der Waals surface area contributed by atoms with Crippen LogP contribution in [0.15, 0.2) is 0 Å². The van der Waals surface area contributed by atoms with E-state index in [0.29, 0.717) is 26.2 Å². The fourth-order valence-corrected chi connectivity index (χ4v) is 1.28. The molecule has 0 rings (SSSR count). The molecule has 0 aliphatic rings. The molecule has 20 heavy (non-hydrogen) atoms. The third-order valence-electron chi connectivity index (χ3n) is 2.30. The van der Waals surface area contributed by atoms with Gasteiger partial charge in [-0.1, -0.05) is 6.92 Å². The van der Waals surface area contributed by atoms with Crippen LogP contribution in [0.25, 0.3) is 0 Å². The van der Waals surface area contributed by atoms with Crippen molar-refractivity contribution >= 4 is 18.0 Å². The van der Waals surface area contributed by atoms with Crippen molar-refractivity contribution in [2.24, 2.45) is 0 Å². The van der Waals surface area contributed by atoms with Crippen LogP contribution in [0.1, 0.15) is 26.2 Å². The summed E-state index contributed by atoms with van der Waals surface area (Å²) in [5.74, 6) is -2.00. The summed E-state index contributed by atoms with van der Waals surface area (Å²) in [5.41, 5.74) is 0. The summed E-state index contributed by atoms with van der Waals surface area (Å²) < 4.78 is 9.58. The zero-order valence-electron chi connectivity index (χ0n) is 11.8. The van der Waals surface area contributed by atoms with Crippen LogP contribution in [0.2, 0.25) is 0 Å². The molecule has 0 radical (unpaired) electrons. The number of carboxylic acid groups (broad SMARTS) is 1. The van der Waals surface area contributed by atoms with Crippen molar-refractivity contribution in [1.82, 2.24) is 10.6 Å². The molecule has 0 aromatic rings. The Hall–Kier alpha value is -1.83. The molecule has 8 heteroatoms. The smallest absolute Gasteiger partial charge is 0.326 e. The zero-order valence-corrected chi connectivity index (χ0v) is 11.8. The Bertz CT molecular complexity index is 321. The summed E-state index contributed by atoms with van der Waals surface area (Å²) in [5, 5.41) is 13.5. The number of carbonyl (C=O) groups is 3. The van der Waals surface area contributed by atoms with Gasteiger partial charge in [0.05, 0.1) is 13.5 Å². The molecule has 0 aromatic heterocycles. The Labute approximate surface area is 117 Å². The van der Waals surface area contributed by atoms with Crippen molar-refractivity contribution < 1.29 is 29.0 Å². The minimum atomic E-state index is -1.31. The van der Waals surface area contributed by atoms with E-state index in [-0.39, 0.29) is 0 Å². The fourth-order valence-electron chi connectivity index (χ4n) is 1.28. The van der Waals surface area contributed by atoms with E-state index in [1.807, 2.05) is 6.92 Å². The van der Waals surface area contributed by atoms with Gasteiger partial charge in [0, 0.05) is 19.8 Å². The van der Waals surface area contributed by atoms with Gasteiger partial charge in [0.25, 0.3) is 0 Å². The van der Waals surface area contributed by atoms with Crippen LogP contribution in [0.3, 0.4) is 0 Å². The maximum absolute atomic E-state index is 11.4. The largest absolute Gasteiger partial charge is 0.480 e. The highest BCUT2D eigenvalue weighted by Crippen LogP contribution is 1.95. The van der Waals surface area contributed by atoms with Crippen LogP contribution in [0.5, 0.6) is 0 Å². The number of amides is 2. The molecule has 0 unspecified atom stereocenters. The van der Waals surface area contributed by atoms with Crippen molar-refractivity contribution in [3.8, 4) is 0 Å². The van der Waals surface area contributed by atoms with Gasteiger partial charge in [-0.3, -0.25) is 4.79 Å². The zero-order chi connectivity index (χ0) is 15.4. The Kier molecular flexibility index (Phi) is 10.0. The molecule has 0 heterocycles. The predicted molar refractivity (Wildman–Crippen MR) is 70.3 cm³/mol. The number of hydrogen-bond acceptors (Lipinski definition) is 5. The second-order valence-corrected chi connectivity index (χ2v) is 4.04. The lowest BCUT2D eigenvalue weighted by Gasteiger charge is -2.14. The molecule has 0 bridgehead atoms. The van der Waals surface area contributed by atoms with E-state index >= 15 is 0 Å². The van der Waals surface area contributed by atoms with E-state index in [0.717, 1.165) is 13.5 Å². The molecule has 8 nitrogen and oxygen atoms in total. The number of nitrogens with one attached hydrogen (secondary N) is 2. The van der Waals surface area contributed by atoms with E-state index in [1.54, 1.807) is 0 Å². The summed E-state index contributed by atoms with van der Waals surface area (Å²) >= 11 is 0.